The van der Waals surface area contributed by atoms with Gasteiger partial charge in [0.05, 0.1) is 47.8 Å². The van der Waals surface area contributed by atoms with E-state index < -0.39 is 5.60 Å². The molecular weight excluding hydrogens is 428 g/mol. The number of nitriles is 1. The lowest BCUT2D eigenvalue weighted by atomic mass is 9.68. The Labute approximate surface area is 199 Å². The van der Waals surface area contributed by atoms with Gasteiger partial charge in [-0.2, -0.15) is 5.26 Å². The molecule has 1 saturated carbocycles. The van der Waals surface area contributed by atoms with E-state index in [0.29, 0.717) is 18.7 Å². The molecule has 1 aliphatic carbocycles. The zero-order chi connectivity index (χ0) is 23.9. The Kier molecular flexibility index (Phi) is 5.47. The van der Waals surface area contributed by atoms with Gasteiger partial charge in [-0.3, -0.25) is 4.90 Å². The second-order valence-corrected chi connectivity index (χ2v) is 10.0. The summed E-state index contributed by atoms with van der Waals surface area (Å²) in [5, 5.41) is 9.30. The van der Waals surface area contributed by atoms with Crippen LogP contribution in [0, 0.1) is 23.7 Å². The third-order valence-electron chi connectivity index (χ3n) is 7.22. The molecule has 3 aromatic rings. The van der Waals surface area contributed by atoms with Gasteiger partial charge in [-0.05, 0) is 74.8 Å². The number of nitrogens with zero attached hydrogens (tertiary/aromatic N) is 4. The van der Waals surface area contributed by atoms with E-state index in [2.05, 4.69) is 22.5 Å². The number of amides is 1. The van der Waals surface area contributed by atoms with Crippen molar-refractivity contribution in [3.05, 3.63) is 53.9 Å². The second-order valence-electron chi connectivity index (χ2n) is 10.0. The molecule has 2 aromatic carbocycles. The Morgan fingerprint density at radius 1 is 1.24 bits per heavy atom. The van der Waals surface area contributed by atoms with Crippen molar-refractivity contribution in [3.8, 4) is 11.8 Å². The first-order chi connectivity index (χ1) is 16.3. The largest absolute Gasteiger partial charge is 0.494 e. The molecule has 2 fully saturated rings. The Hall–Kier alpha value is -3.53. The van der Waals surface area contributed by atoms with Gasteiger partial charge >= 0.3 is 6.09 Å². The van der Waals surface area contributed by atoms with Gasteiger partial charge in [-0.25, -0.2) is 9.78 Å². The molecule has 34 heavy (non-hydrogen) atoms. The minimum atomic E-state index is -0.505. The summed E-state index contributed by atoms with van der Waals surface area (Å²) >= 11 is 0. The van der Waals surface area contributed by atoms with Crippen LogP contribution >= 0.6 is 0 Å². The highest BCUT2D eigenvalue weighted by atomic mass is 16.6. The monoisotopic (exact) mass is 458 g/mol. The molecule has 7 nitrogen and oxygen atoms in total. The predicted octanol–water partition coefficient (Wildman–Crippen LogP) is 5.59. The van der Waals surface area contributed by atoms with Gasteiger partial charge in [-0.15, -0.1) is 0 Å². The van der Waals surface area contributed by atoms with Crippen LogP contribution in [0.5, 0.6) is 5.75 Å². The molecule has 2 aliphatic rings. The predicted molar refractivity (Wildman–Crippen MR) is 130 cm³/mol. The highest BCUT2D eigenvalue weighted by molar-refractivity contribution is 5.90. The normalized spacial score (nSPS) is 24.4. The lowest BCUT2D eigenvalue weighted by Gasteiger charge is -2.43. The number of carbonyl (C=O) groups is 1. The first kappa shape index (κ1) is 22.3. The highest BCUT2D eigenvalue weighted by Gasteiger charge is 2.51. The summed E-state index contributed by atoms with van der Waals surface area (Å²) in [6, 6.07) is 13.7. The quantitative estimate of drug-likeness (QED) is 0.498. The van der Waals surface area contributed by atoms with Crippen LogP contribution in [0.2, 0.25) is 0 Å². The summed E-state index contributed by atoms with van der Waals surface area (Å²) in [6.45, 7) is 8.11. The molecule has 2 heterocycles. The van der Waals surface area contributed by atoms with Crippen LogP contribution in [0.3, 0.4) is 0 Å². The van der Waals surface area contributed by atoms with Crippen LogP contribution in [0.25, 0.3) is 11.0 Å². The van der Waals surface area contributed by atoms with E-state index in [1.807, 2.05) is 50.5 Å². The molecule has 1 spiro atoms. The Balaban J connectivity index is 1.38. The van der Waals surface area contributed by atoms with E-state index in [-0.39, 0.29) is 11.5 Å². The van der Waals surface area contributed by atoms with Crippen molar-refractivity contribution in [1.29, 1.82) is 5.26 Å². The highest BCUT2D eigenvalue weighted by Crippen LogP contribution is 2.48. The molecule has 1 aliphatic heterocycles. The number of carbonyl (C=O) groups excluding carboxylic acids is 1. The van der Waals surface area contributed by atoms with Crippen molar-refractivity contribution in [2.75, 3.05) is 18.1 Å². The van der Waals surface area contributed by atoms with Gasteiger partial charge < -0.3 is 14.0 Å². The van der Waals surface area contributed by atoms with E-state index in [1.54, 1.807) is 11.0 Å². The number of aryl methyl sites for hydroxylation is 1. The summed E-state index contributed by atoms with van der Waals surface area (Å²) in [5.74, 6) is 0.797. The van der Waals surface area contributed by atoms with Crippen LogP contribution in [0.15, 0.2) is 42.7 Å². The number of anilines is 1. The molecule has 1 saturated heterocycles. The maximum atomic E-state index is 13.0. The van der Waals surface area contributed by atoms with Crippen LogP contribution in [-0.4, -0.2) is 34.4 Å². The Morgan fingerprint density at radius 3 is 2.88 bits per heavy atom. The maximum Gasteiger partial charge on any atom is 0.415 e. The fourth-order valence-corrected chi connectivity index (χ4v) is 5.70. The van der Waals surface area contributed by atoms with E-state index in [9.17, 15) is 10.1 Å². The smallest absolute Gasteiger partial charge is 0.415 e. The summed E-state index contributed by atoms with van der Waals surface area (Å²) in [5.41, 5.74) is 3.77. The summed E-state index contributed by atoms with van der Waals surface area (Å²) < 4.78 is 14.0. The minimum absolute atomic E-state index is 0.0609. The van der Waals surface area contributed by atoms with Gasteiger partial charge in [0.15, 0.2) is 0 Å². The van der Waals surface area contributed by atoms with Crippen LogP contribution in [0.1, 0.15) is 50.7 Å². The number of aromatic nitrogens is 2. The van der Waals surface area contributed by atoms with Crippen molar-refractivity contribution in [2.24, 2.45) is 5.41 Å². The Morgan fingerprint density at radius 2 is 2.09 bits per heavy atom. The molecular formula is C27H30N4O3. The summed E-state index contributed by atoms with van der Waals surface area (Å²) in [7, 11) is 0. The lowest BCUT2D eigenvalue weighted by Crippen LogP contribution is -2.45. The fourth-order valence-electron chi connectivity index (χ4n) is 5.70. The molecule has 1 amide bonds. The minimum Gasteiger partial charge on any atom is -0.494 e. The number of fused-ring (bicyclic) bond motifs is 1. The zero-order valence-corrected chi connectivity index (χ0v) is 20.0. The molecule has 5 rings (SSSR count). The van der Waals surface area contributed by atoms with E-state index in [4.69, 9.17) is 9.47 Å². The standard InChI is InChI=1S/C27H30N4O3/c1-4-33-24-13-21(8-6-19(24)2)31-17-27(34-25(31)32)11-5-10-26(3,15-27)16-30-18-29-22-9-7-20(14-28)12-23(22)30/h6-9,12-13,18H,4-5,10-11,15-17H2,1-3H3. The van der Waals surface area contributed by atoms with Crippen LogP contribution in [-0.2, 0) is 11.3 Å². The number of benzene rings is 2. The SMILES string of the molecule is CCOc1cc(N2CC3(CCCC(C)(Cn4cnc5ccc(C#N)cc54)C3)OC2=O)ccc1C. The average Bonchev–Trinajstić information content (AvgIpc) is 3.34. The van der Waals surface area contributed by atoms with Crippen molar-refractivity contribution < 1.29 is 14.3 Å². The van der Waals surface area contributed by atoms with Crippen molar-refractivity contribution in [2.45, 2.75) is 58.6 Å². The lowest BCUT2D eigenvalue weighted by molar-refractivity contribution is -0.0264. The average molecular weight is 459 g/mol. The van der Waals surface area contributed by atoms with Gasteiger partial charge in [0, 0.05) is 12.6 Å². The molecule has 2 atom stereocenters. The first-order valence-electron chi connectivity index (χ1n) is 11.9. The molecule has 176 valence electrons. The van der Waals surface area contributed by atoms with Gasteiger partial charge in [0.1, 0.15) is 11.4 Å². The molecule has 0 bridgehead atoms. The maximum absolute atomic E-state index is 13.0. The van der Waals surface area contributed by atoms with Crippen molar-refractivity contribution in [1.82, 2.24) is 9.55 Å². The number of imidazole rings is 1. The molecule has 0 N–H and O–H groups in total. The molecule has 2 unspecified atom stereocenters. The van der Waals surface area contributed by atoms with Gasteiger partial charge in [-0.1, -0.05) is 13.0 Å². The van der Waals surface area contributed by atoms with Gasteiger partial charge in [0.2, 0.25) is 0 Å². The molecule has 7 heteroatoms. The van der Waals surface area contributed by atoms with E-state index in [0.717, 1.165) is 60.3 Å². The van der Waals surface area contributed by atoms with Gasteiger partial charge in [0.25, 0.3) is 0 Å². The number of ether oxygens (including phenoxy) is 2. The molecule has 0 radical (unpaired) electrons. The van der Waals surface area contributed by atoms with Crippen LogP contribution in [0.4, 0.5) is 10.5 Å². The topological polar surface area (TPSA) is 80.4 Å². The zero-order valence-electron chi connectivity index (χ0n) is 20.0. The second kappa shape index (κ2) is 8.35. The summed E-state index contributed by atoms with van der Waals surface area (Å²) in [6.07, 6.45) is 5.24. The van der Waals surface area contributed by atoms with Crippen LogP contribution < -0.4 is 9.64 Å². The number of hydrogen-bond donors (Lipinski definition) is 0. The van der Waals surface area contributed by atoms with Crippen molar-refractivity contribution in [3.63, 3.8) is 0 Å². The molecule has 1 aromatic heterocycles. The van der Waals surface area contributed by atoms with E-state index in [1.165, 1.54) is 0 Å². The first-order valence-corrected chi connectivity index (χ1v) is 11.9. The van der Waals surface area contributed by atoms with E-state index >= 15 is 0 Å². The summed E-state index contributed by atoms with van der Waals surface area (Å²) in [4.78, 5) is 19.3. The Bertz CT molecular complexity index is 1290. The van der Waals surface area contributed by atoms with Crippen molar-refractivity contribution >= 4 is 22.8 Å². The third kappa shape index (κ3) is 3.98. The number of rotatable bonds is 5. The third-order valence-corrected chi connectivity index (χ3v) is 7.22. The fraction of sp³-hybridized carbons (Fsp3) is 0.444. The number of hydrogen-bond acceptors (Lipinski definition) is 5.